The summed E-state index contributed by atoms with van der Waals surface area (Å²) in [5.41, 5.74) is 3.67. The molecule has 0 atom stereocenters. The average molecular weight is 373 g/mol. The predicted octanol–water partition coefficient (Wildman–Crippen LogP) is 7.70. The van der Waals surface area contributed by atoms with Gasteiger partial charge in [-0.05, 0) is 49.4 Å². The molecular weight excluding hydrogens is 340 g/mol. The summed E-state index contributed by atoms with van der Waals surface area (Å²) in [5.74, 6) is 6.69. The number of benzene rings is 2. The molecule has 0 aliphatic heterocycles. The smallest absolute Gasteiger partial charge is 0.135 e. The summed E-state index contributed by atoms with van der Waals surface area (Å²) in [4.78, 5) is 9.76. The lowest BCUT2D eigenvalue weighted by atomic mass is 10.1. The third kappa shape index (κ3) is 8.35. The molecular formula is C26H32N2. The topological polar surface area (TPSA) is 24.7 Å². The second-order valence-electron chi connectivity index (χ2n) is 6.91. The highest BCUT2D eigenvalue weighted by Crippen LogP contribution is 2.16. The summed E-state index contributed by atoms with van der Waals surface area (Å²) in [6, 6.07) is 20.2. The summed E-state index contributed by atoms with van der Waals surface area (Å²) in [6.07, 6.45) is 8.94. The zero-order valence-corrected chi connectivity index (χ0v) is 17.3. The maximum absolute atomic E-state index is 4.90. The number of para-hydroxylation sites is 2. The van der Waals surface area contributed by atoms with Crippen LogP contribution in [0.25, 0.3) is 0 Å². The fourth-order valence-corrected chi connectivity index (χ4v) is 2.81. The van der Waals surface area contributed by atoms with E-state index in [2.05, 4.69) is 25.7 Å². The fraction of sp³-hybridized carbons (Fsp3) is 0.385. The number of hydrogen-bond acceptors (Lipinski definition) is 2. The van der Waals surface area contributed by atoms with E-state index in [0.29, 0.717) is 0 Å². The van der Waals surface area contributed by atoms with Crippen LogP contribution in [0.2, 0.25) is 0 Å². The summed E-state index contributed by atoms with van der Waals surface area (Å²) >= 11 is 0. The summed E-state index contributed by atoms with van der Waals surface area (Å²) in [6.45, 7) is 4.43. The Hall–Kier alpha value is -2.66. The Balaban J connectivity index is 2.31. The highest BCUT2D eigenvalue weighted by Gasteiger charge is 2.08. The number of hydrogen-bond donors (Lipinski definition) is 0. The van der Waals surface area contributed by atoms with Gasteiger partial charge < -0.3 is 0 Å². The third-order valence-corrected chi connectivity index (χ3v) is 4.42. The van der Waals surface area contributed by atoms with Gasteiger partial charge in [0.25, 0.3) is 0 Å². The molecule has 0 unspecified atom stereocenters. The molecule has 2 aromatic rings. The first-order chi connectivity index (χ1) is 13.8. The number of nitrogens with zero attached hydrogens (tertiary/aromatic N) is 2. The van der Waals surface area contributed by atoms with Gasteiger partial charge in [-0.3, -0.25) is 4.99 Å². The van der Waals surface area contributed by atoms with Gasteiger partial charge in [-0.2, -0.15) is 0 Å². The van der Waals surface area contributed by atoms with Crippen molar-refractivity contribution in [3.05, 3.63) is 60.7 Å². The SMILES string of the molecule is CCCCCCC#CC(=Nc1ccccc1)C(CCCC)=Nc1ccccc1. The van der Waals surface area contributed by atoms with Crippen molar-refractivity contribution >= 4 is 22.8 Å². The van der Waals surface area contributed by atoms with Gasteiger partial charge in [0.1, 0.15) is 5.71 Å². The Morgan fingerprint density at radius 2 is 1.32 bits per heavy atom. The second kappa shape index (κ2) is 13.5. The molecule has 0 spiro atoms. The molecule has 146 valence electrons. The zero-order valence-electron chi connectivity index (χ0n) is 17.3. The first-order valence-corrected chi connectivity index (χ1v) is 10.6. The summed E-state index contributed by atoms with van der Waals surface area (Å²) in [5, 5.41) is 0. The molecule has 0 aliphatic carbocycles. The monoisotopic (exact) mass is 372 g/mol. The Kier molecular flexibility index (Phi) is 10.4. The van der Waals surface area contributed by atoms with Crippen LogP contribution in [-0.4, -0.2) is 11.4 Å². The van der Waals surface area contributed by atoms with Gasteiger partial charge in [0, 0.05) is 6.42 Å². The van der Waals surface area contributed by atoms with Crippen molar-refractivity contribution in [1.29, 1.82) is 0 Å². The number of unbranched alkanes of at least 4 members (excludes halogenated alkanes) is 5. The standard InChI is InChI=1S/C26H32N2/c1-3-5-7-8-9-16-22-26(28-24-19-14-11-15-20-24)25(21-6-4-2)27-23-17-12-10-13-18-23/h10-15,17-20H,3-9,21H2,1-2H3. The Morgan fingerprint density at radius 3 is 1.93 bits per heavy atom. The minimum atomic E-state index is 0.805. The predicted molar refractivity (Wildman–Crippen MR) is 123 cm³/mol. The Morgan fingerprint density at radius 1 is 0.714 bits per heavy atom. The summed E-state index contributed by atoms with van der Waals surface area (Å²) < 4.78 is 0. The molecule has 2 nitrogen and oxygen atoms in total. The minimum absolute atomic E-state index is 0.805. The molecule has 0 amide bonds. The molecule has 0 saturated carbocycles. The first kappa shape index (κ1) is 21.6. The molecule has 0 heterocycles. The van der Waals surface area contributed by atoms with Crippen molar-refractivity contribution < 1.29 is 0 Å². The molecule has 2 heteroatoms. The van der Waals surface area contributed by atoms with Crippen molar-refractivity contribution in [2.24, 2.45) is 9.98 Å². The average Bonchev–Trinajstić information content (AvgIpc) is 2.74. The lowest BCUT2D eigenvalue weighted by Crippen LogP contribution is -2.12. The van der Waals surface area contributed by atoms with Crippen LogP contribution in [0.5, 0.6) is 0 Å². The van der Waals surface area contributed by atoms with Gasteiger partial charge in [-0.25, -0.2) is 4.99 Å². The Bertz CT molecular complexity index is 793. The van der Waals surface area contributed by atoms with Gasteiger partial charge in [0.2, 0.25) is 0 Å². The summed E-state index contributed by atoms with van der Waals surface area (Å²) in [7, 11) is 0. The molecule has 0 saturated heterocycles. The van der Waals surface area contributed by atoms with E-state index < -0.39 is 0 Å². The largest absolute Gasteiger partial charge is 0.251 e. The van der Waals surface area contributed by atoms with E-state index in [1.807, 2.05) is 60.7 Å². The van der Waals surface area contributed by atoms with E-state index >= 15 is 0 Å². The number of aliphatic imine (C=N–C) groups is 2. The van der Waals surface area contributed by atoms with Crippen LogP contribution in [0.4, 0.5) is 11.4 Å². The highest BCUT2D eigenvalue weighted by atomic mass is 14.8. The molecule has 2 aromatic carbocycles. The molecule has 0 radical (unpaired) electrons. The highest BCUT2D eigenvalue weighted by molar-refractivity contribution is 6.49. The molecule has 2 rings (SSSR count). The van der Waals surface area contributed by atoms with Crippen LogP contribution in [0.15, 0.2) is 70.6 Å². The van der Waals surface area contributed by atoms with Gasteiger partial charge >= 0.3 is 0 Å². The second-order valence-corrected chi connectivity index (χ2v) is 6.91. The Labute approximate surface area is 170 Å². The molecule has 0 N–H and O–H groups in total. The van der Waals surface area contributed by atoms with Crippen molar-refractivity contribution in [2.45, 2.75) is 65.2 Å². The van der Waals surface area contributed by atoms with Crippen molar-refractivity contribution in [3.8, 4) is 11.8 Å². The normalized spacial score (nSPS) is 11.8. The first-order valence-electron chi connectivity index (χ1n) is 10.6. The fourth-order valence-electron chi connectivity index (χ4n) is 2.81. The van der Waals surface area contributed by atoms with E-state index in [9.17, 15) is 0 Å². The van der Waals surface area contributed by atoms with Crippen molar-refractivity contribution in [2.75, 3.05) is 0 Å². The van der Waals surface area contributed by atoms with Crippen LogP contribution in [0, 0.1) is 11.8 Å². The van der Waals surface area contributed by atoms with Crippen molar-refractivity contribution in [3.63, 3.8) is 0 Å². The maximum Gasteiger partial charge on any atom is 0.135 e. The van der Waals surface area contributed by atoms with Crippen LogP contribution in [0.1, 0.15) is 65.2 Å². The molecule has 28 heavy (non-hydrogen) atoms. The zero-order chi connectivity index (χ0) is 19.9. The quantitative estimate of drug-likeness (QED) is 0.232. The van der Waals surface area contributed by atoms with Crippen molar-refractivity contribution in [1.82, 2.24) is 0 Å². The lowest BCUT2D eigenvalue weighted by molar-refractivity contribution is 0.680. The van der Waals surface area contributed by atoms with Gasteiger partial charge in [0.15, 0.2) is 0 Å². The van der Waals surface area contributed by atoms with Gasteiger partial charge in [0.05, 0.1) is 17.1 Å². The molecule has 0 bridgehead atoms. The van der Waals surface area contributed by atoms with Gasteiger partial charge in [-0.1, -0.05) is 81.8 Å². The van der Waals surface area contributed by atoms with E-state index in [1.54, 1.807) is 0 Å². The maximum atomic E-state index is 4.90. The lowest BCUT2D eigenvalue weighted by Gasteiger charge is -2.06. The van der Waals surface area contributed by atoms with Crippen LogP contribution >= 0.6 is 0 Å². The molecule has 0 aromatic heterocycles. The molecule has 0 aliphatic rings. The van der Waals surface area contributed by atoms with Crippen LogP contribution in [0.3, 0.4) is 0 Å². The minimum Gasteiger partial charge on any atom is -0.251 e. The van der Waals surface area contributed by atoms with Gasteiger partial charge in [-0.15, -0.1) is 0 Å². The third-order valence-electron chi connectivity index (χ3n) is 4.42. The van der Waals surface area contributed by atoms with E-state index in [4.69, 9.17) is 9.98 Å². The van der Waals surface area contributed by atoms with Crippen LogP contribution in [-0.2, 0) is 0 Å². The number of rotatable bonds is 10. The van der Waals surface area contributed by atoms with E-state index in [0.717, 1.165) is 54.9 Å². The van der Waals surface area contributed by atoms with Crippen LogP contribution < -0.4 is 0 Å². The van der Waals surface area contributed by atoms with E-state index in [-0.39, 0.29) is 0 Å². The van der Waals surface area contributed by atoms with E-state index in [1.165, 1.54) is 19.3 Å². The molecule has 0 fully saturated rings.